The zero-order valence-electron chi connectivity index (χ0n) is 12.3. The van der Waals surface area contributed by atoms with Crippen molar-refractivity contribution in [2.45, 2.75) is 18.9 Å². The zero-order valence-corrected chi connectivity index (χ0v) is 12.3. The predicted molar refractivity (Wildman–Crippen MR) is 84.3 cm³/mol. The molecule has 1 fully saturated rings. The number of ether oxygens (including phenoxy) is 1. The molecule has 1 aliphatic rings. The van der Waals surface area contributed by atoms with Crippen LogP contribution in [0.25, 0.3) is 0 Å². The third kappa shape index (κ3) is 4.38. The molecule has 0 N–H and O–H groups in total. The van der Waals surface area contributed by atoms with E-state index < -0.39 is 0 Å². The first-order chi connectivity index (χ1) is 10.4. The Morgan fingerprint density at radius 1 is 1.10 bits per heavy atom. The smallest absolute Gasteiger partial charge is 0.0743 e. The molecule has 0 aliphatic carbocycles. The van der Waals surface area contributed by atoms with Gasteiger partial charge in [0.25, 0.3) is 0 Å². The van der Waals surface area contributed by atoms with Gasteiger partial charge in [0.15, 0.2) is 0 Å². The second kappa shape index (κ2) is 7.34. The van der Waals surface area contributed by atoms with Crippen LogP contribution in [0, 0.1) is 0 Å². The minimum atomic E-state index is 0.290. The minimum absolute atomic E-state index is 0.290. The van der Waals surface area contributed by atoms with Gasteiger partial charge in [0.2, 0.25) is 0 Å². The molecule has 1 aliphatic heterocycles. The first kappa shape index (κ1) is 14.2. The Labute approximate surface area is 126 Å². The van der Waals surface area contributed by atoms with E-state index in [-0.39, 0.29) is 0 Å². The number of rotatable bonds is 5. The molecule has 3 rings (SSSR count). The Morgan fingerprint density at radius 2 is 1.95 bits per heavy atom. The van der Waals surface area contributed by atoms with Crippen LogP contribution >= 0.6 is 0 Å². The Hall–Kier alpha value is -1.71. The summed E-state index contributed by atoms with van der Waals surface area (Å²) >= 11 is 0. The standard InChI is InChI=1S/C18H22N2O/c1-2-5-16(6-3-1)8-10-20-11-12-21-18(15-20)13-17-7-4-9-19-14-17/h1-7,9,14,18H,8,10-13,15H2/t18-/m1/s1. The van der Waals surface area contributed by atoms with E-state index in [1.54, 1.807) is 0 Å². The van der Waals surface area contributed by atoms with Crippen LogP contribution in [-0.4, -0.2) is 42.2 Å². The van der Waals surface area contributed by atoms with Crippen molar-refractivity contribution in [3.8, 4) is 0 Å². The van der Waals surface area contributed by atoms with Gasteiger partial charge in [-0.2, -0.15) is 0 Å². The molecule has 0 spiro atoms. The molecule has 1 saturated heterocycles. The fourth-order valence-corrected chi connectivity index (χ4v) is 2.82. The third-order valence-electron chi connectivity index (χ3n) is 3.97. The molecule has 2 heterocycles. The summed E-state index contributed by atoms with van der Waals surface area (Å²) in [4.78, 5) is 6.69. The average Bonchev–Trinajstić information content (AvgIpc) is 2.55. The Morgan fingerprint density at radius 3 is 2.76 bits per heavy atom. The second-order valence-electron chi connectivity index (χ2n) is 5.59. The first-order valence-corrected chi connectivity index (χ1v) is 7.67. The predicted octanol–water partition coefficient (Wildman–Crippen LogP) is 2.57. The van der Waals surface area contributed by atoms with E-state index in [0.717, 1.165) is 39.1 Å². The van der Waals surface area contributed by atoms with Crippen molar-refractivity contribution in [2.75, 3.05) is 26.2 Å². The molecule has 0 saturated carbocycles. The molecule has 110 valence electrons. The summed E-state index contributed by atoms with van der Waals surface area (Å²) in [7, 11) is 0. The summed E-state index contributed by atoms with van der Waals surface area (Å²) in [6.45, 7) is 3.99. The van der Waals surface area contributed by atoms with Gasteiger partial charge in [-0.1, -0.05) is 36.4 Å². The highest BCUT2D eigenvalue weighted by molar-refractivity contribution is 5.15. The van der Waals surface area contributed by atoms with Crippen LogP contribution in [0.4, 0.5) is 0 Å². The number of benzene rings is 1. The summed E-state index contributed by atoms with van der Waals surface area (Å²) in [6.07, 6.45) is 6.11. The van der Waals surface area contributed by atoms with Gasteiger partial charge in [-0.25, -0.2) is 0 Å². The van der Waals surface area contributed by atoms with Crippen LogP contribution in [0.15, 0.2) is 54.9 Å². The lowest BCUT2D eigenvalue weighted by molar-refractivity contribution is -0.0271. The van der Waals surface area contributed by atoms with Crippen molar-refractivity contribution in [3.63, 3.8) is 0 Å². The largest absolute Gasteiger partial charge is 0.375 e. The van der Waals surface area contributed by atoms with Gasteiger partial charge < -0.3 is 4.74 Å². The quantitative estimate of drug-likeness (QED) is 0.843. The van der Waals surface area contributed by atoms with Crippen molar-refractivity contribution >= 4 is 0 Å². The van der Waals surface area contributed by atoms with Gasteiger partial charge in [0.05, 0.1) is 12.7 Å². The molecule has 0 unspecified atom stereocenters. The number of hydrogen-bond acceptors (Lipinski definition) is 3. The number of pyridine rings is 1. The molecule has 1 atom stereocenters. The van der Waals surface area contributed by atoms with Crippen molar-refractivity contribution in [3.05, 3.63) is 66.0 Å². The number of hydrogen-bond donors (Lipinski definition) is 0. The Balaban J connectivity index is 1.49. The second-order valence-corrected chi connectivity index (χ2v) is 5.59. The van der Waals surface area contributed by atoms with Crippen molar-refractivity contribution in [2.24, 2.45) is 0 Å². The minimum Gasteiger partial charge on any atom is -0.375 e. The molecule has 0 radical (unpaired) electrons. The number of aromatic nitrogens is 1. The molecule has 1 aromatic heterocycles. The zero-order chi connectivity index (χ0) is 14.3. The summed E-state index contributed by atoms with van der Waals surface area (Å²) in [5.74, 6) is 0. The van der Waals surface area contributed by atoms with Crippen LogP contribution in [0.1, 0.15) is 11.1 Å². The van der Waals surface area contributed by atoms with Crippen LogP contribution < -0.4 is 0 Å². The topological polar surface area (TPSA) is 25.4 Å². The summed E-state index contributed by atoms with van der Waals surface area (Å²) in [5.41, 5.74) is 2.67. The normalized spacial score (nSPS) is 19.5. The lowest BCUT2D eigenvalue weighted by Gasteiger charge is -2.33. The van der Waals surface area contributed by atoms with Gasteiger partial charge in [0, 0.05) is 38.4 Å². The van der Waals surface area contributed by atoms with Gasteiger partial charge >= 0.3 is 0 Å². The highest BCUT2D eigenvalue weighted by atomic mass is 16.5. The molecule has 3 heteroatoms. The van der Waals surface area contributed by atoms with Crippen LogP contribution in [0.2, 0.25) is 0 Å². The van der Waals surface area contributed by atoms with E-state index in [0.29, 0.717) is 6.10 Å². The first-order valence-electron chi connectivity index (χ1n) is 7.67. The average molecular weight is 282 g/mol. The molecule has 21 heavy (non-hydrogen) atoms. The fourth-order valence-electron chi connectivity index (χ4n) is 2.82. The van der Waals surface area contributed by atoms with E-state index in [9.17, 15) is 0 Å². The maximum atomic E-state index is 5.89. The molecular weight excluding hydrogens is 260 g/mol. The van der Waals surface area contributed by atoms with E-state index in [1.165, 1.54) is 11.1 Å². The summed E-state index contributed by atoms with van der Waals surface area (Å²) < 4.78 is 5.89. The maximum Gasteiger partial charge on any atom is 0.0743 e. The van der Waals surface area contributed by atoms with Crippen molar-refractivity contribution < 1.29 is 4.74 Å². The summed E-state index contributed by atoms with van der Waals surface area (Å²) in [5, 5.41) is 0. The van der Waals surface area contributed by atoms with Crippen molar-refractivity contribution in [1.29, 1.82) is 0 Å². The molecule has 2 aromatic rings. The van der Waals surface area contributed by atoms with Crippen LogP contribution in [-0.2, 0) is 17.6 Å². The third-order valence-corrected chi connectivity index (χ3v) is 3.97. The molecule has 0 bridgehead atoms. The molecule has 1 aromatic carbocycles. The van der Waals surface area contributed by atoms with E-state index in [2.05, 4.69) is 46.3 Å². The lowest BCUT2D eigenvalue weighted by atomic mass is 10.1. The Kier molecular flexibility index (Phi) is 4.98. The van der Waals surface area contributed by atoms with E-state index >= 15 is 0 Å². The van der Waals surface area contributed by atoms with Gasteiger partial charge in [-0.3, -0.25) is 9.88 Å². The summed E-state index contributed by atoms with van der Waals surface area (Å²) in [6, 6.07) is 14.8. The highest BCUT2D eigenvalue weighted by Crippen LogP contribution is 2.12. The highest BCUT2D eigenvalue weighted by Gasteiger charge is 2.20. The van der Waals surface area contributed by atoms with Crippen LogP contribution in [0.5, 0.6) is 0 Å². The Bertz CT molecular complexity index is 529. The number of nitrogens with zero attached hydrogens (tertiary/aromatic N) is 2. The molecular formula is C18H22N2O. The van der Waals surface area contributed by atoms with Gasteiger partial charge in [-0.15, -0.1) is 0 Å². The molecule has 0 amide bonds. The lowest BCUT2D eigenvalue weighted by Crippen LogP contribution is -2.44. The number of morpholine rings is 1. The SMILES string of the molecule is c1ccc(CCN2CCO[C@H](Cc3cccnc3)C2)cc1. The van der Waals surface area contributed by atoms with Gasteiger partial charge in [-0.05, 0) is 23.6 Å². The van der Waals surface area contributed by atoms with E-state index in [4.69, 9.17) is 4.74 Å². The van der Waals surface area contributed by atoms with Gasteiger partial charge in [0.1, 0.15) is 0 Å². The fraction of sp³-hybridized carbons (Fsp3) is 0.389. The monoisotopic (exact) mass is 282 g/mol. The molecule has 3 nitrogen and oxygen atoms in total. The maximum absolute atomic E-state index is 5.89. The van der Waals surface area contributed by atoms with Crippen molar-refractivity contribution in [1.82, 2.24) is 9.88 Å². The van der Waals surface area contributed by atoms with E-state index in [1.807, 2.05) is 18.5 Å². The van der Waals surface area contributed by atoms with Crippen LogP contribution in [0.3, 0.4) is 0 Å².